The summed E-state index contributed by atoms with van der Waals surface area (Å²) in [7, 11) is 0. The maximum atomic E-state index is 10.5. The Morgan fingerprint density at radius 1 is 1.14 bits per heavy atom. The zero-order valence-corrected chi connectivity index (χ0v) is 11.2. The summed E-state index contributed by atoms with van der Waals surface area (Å²) in [6, 6.07) is 10.4. The summed E-state index contributed by atoms with van der Waals surface area (Å²) in [5, 5.41) is 15.4. The van der Waals surface area contributed by atoms with E-state index in [1.807, 2.05) is 24.3 Å². The van der Waals surface area contributed by atoms with Crippen LogP contribution in [0.3, 0.4) is 0 Å². The second-order valence-corrected chi connectivity index (χ2v) is 4.32. The van der Waals surface area contributed by atoms with E-state index in [1.165, 1.54) is 18.3 Å². The minimum absolute atomic E-state index is 0.0765. The van der Waals surface area contributed by atoms with Gasteiger partial charge in [-0.3, -0.25) is 15.5 Å². The van der Waals surface area contributed by atoms with Gasteiger partial charge >= 0.3 is 0 Å². The zero-order valence-electron chi connectivity index (χ0n) is 11.2. The molecule has 0 aliphatic carbocycles. The molecule has 0 spiro atoms. The minimum Gasteiger partial charge on any atom is -0.261 e. The third-order valence-electron chi connectivity index (χ3n) is 2.83. The number of hydrazone groups is 1. The molecule has 0 aliphatic heterocycles. The number of para-hydroxylation sites is 1. The van der Waals surface area contributed by atoms with Crippen molar-refractivity contribution in [2.75, 3.05) is 5.43 Å². The summed E-state index contributed by atoms with van der Waals surface area (Å²) in [4.78, 5) is 22.4. The van der Waals surface area contributed by atoms with Crippen molar-refractivity contribution in [1.29, 1.82) is 0 Å². The number of nitrogens with zero attached hydrogens (tertiary/aromatic N) is 5. The summed E-state index contributed by atoms with van der Waals surface area (Å²) < 4.78 is 0. The van der Waals surface area contributed by atoms with E-state index >= 15 is 0 Å². The molecule has 1 N–H and O–H groups in total. The first-order valence-corrected chi connectivity index (χ1v) is 6.34. The van der Waals surface area contributed by atoms with Crippen molar-refractivity contribution >= 4 is 28.6 Å². The van der Waals surface area contributed by atoms with E-state index in [0.29, 0.717) is 11.6 Å². The maximum Gasteiger partial charge on any atom is 0.287 e. The van der Waals surface area contributed by atoms with Crippen molar-refractivity contribution in [1.82, 2.24) is 15.0 Å². The molecule has 3 aromatic rings. The van der Waals surface area contributed by atoms with E-state index in [0.717, 1.165) is 17.1 Å². The Bertz CT molecular complexity index is 847. The number of hydrogen-bond acceptors (Lipinski definition) is 7. The van der Waals surface area contributed by atoms with Crippen molar-refractivity contribution in [3.05, 3.63) is 64.7 Å². The molecule has 8 nitrogen and oxygen atoms in total. The van der Waals surface area contributed by atoms with Crippen LogP contribution >= 0.6 is 0 Å². The first-order chi connectivity index (χ1) is 10.7. The Labute approximate surface area is 124 Å². The molecule has 0 bridgehead atoms. The largest absolute Gasteiger partial charge is 0.287 e. The first-order valence-electron chi connectivity index (χ1n) is 6.34. The van der Waals surface area contributed by atoms with Crippen molar-refractivity contribution in [3.8, 4) is 0 Å². The Morgan fingerprint density at radius 2 is 2.00 bits per heavy atom. The number of anilines is 1. The van der Waals surface area contributed by atoms with Crippen LogP contribution in [0.5, 0.6) is 0 Å². The number of hydrogen-bond donors (Lipinski definition) is 1. The van der Waals surface area contributed by atoms with Crippen LogP contribution in [-0.2, 0) is 0 Å². The van der Waals surface area contributed by atoms with Crippen molar-refractivity contribution in [2.24, 2.45) is 5.10 Å². The average Bonchev–Trinajstić information content (AvgIpc) is 2.55. The molecule has 8 heteroatoms. The lowest BCUT2D eigenvalue weighted by Gasteiger charge is -1.99. The number of pyridine rings is 1. The van der Waals surface area contributed by atoms with Gasteiger partial charge in [0.05, 0.1) is 16.7 Å². The average molecular weight is 294 g/mol. The lowest BCUT2D eigenvalue weighted by atomic mass is 10.2. The van der Waals surface area contributed by atoms with Crippen molar-refractivity contribution in [3.63, 3.8) is 0 Å². The number of aromatic nitrogens is 3. The van der Waals surface area contributed by atoms with E-state index in [-0.39, 0.29) is 5.69 Å². The van der Waals surface area contributed by atoms with E-state index in [2.05, 4.69) is 25.5 Å². The fraction of sp³-hybridized carbons (Fsp3) is 0. The van der Waals surface area contributed by atoms with Gasteiger partial charge in [0, 0.05) is 17.6 Å². The van der Waals surface area contributed by atoms with Gasteiger partial charge in [-0.15, -0.1) is 0 Å². The highest BCUT2D eigenvalue weighted by Gasteiger charge is 2.04. The van der Waals surface area contributed by atoms with Crippen LogP contribution in [0.4, 0.5) is 11.5 Å². The minimum atomic E-state index is -0.511. The van der Waals surface area contributed by atoms with Gasteiger partial charge in [0.2, 0.25) is 0 Å². The number of nitrogens with one attached hydrogen (secondary N) is 1. The fourth-order valence-electron chi connectivity index (χ4n) is 1.77. The van der Waals surface area contributed by atoms with Crippen LogP contribution in [0.2, 0.25) is 0 Å². The van der Waals surface area contributed by atoms with Crippen LogP contribution in [0.1, 0.15) is 5.82 Å². The van der Waals surface area contributed by atoms with Gasteiger partial charge < -0.3 is 0 Å². The Balaban J connectivity index is 1.71. The zero-order chi connectivity index (χ0) is 15.4. The molecule has 22 heavy (non-hydrogen) atoms. The van der Waals surface area contributed by atoms with Gasteiger partial charge in [0.25, 0.3) is 5.69 Å². The van der Waals surface area contributed by atoms with Crippen molar-refractivity contribution in [2.45, 2.75) is 0 Å². The first kappa shape index (κ1) is 13.6. The predicted octanol–water partition coefficient (Wildman–Crippen LogP) is 2.38. The molecule has 2 aromatic heterocycles. The highest BCUT2D eigenvalue weighted by atomic mass is 16.6. The normalized spacial score (nSPS) is 10.9. The summed E-state index contributed by atoms with van der Waals surface area (Å²) in [5.41, 5.74) is 3.41. The van der Waals surface area contributed by atoms with E-state index in [4.69, 9.17) is 0 Å². The molecule has 0 aliphatic rings. The molecular weight excluding hydrogens is 284 g/mol. The van der Waals surface area contributed by atoms with Gasteiger partial charge in [-0.1, -0.05) is 18.2 Å². The van der Waals surface area contributed by atoms with Gasteiger partial charge in [0.1, 0.15) is 12.0 Å². The Kier molecular flexibility index (Phi) is 3.65. The second-order valence-electron chi connectivity index (χ2n) is 4.32. The van der Waals surface area contributed by atoms with Gasteiger partial charge in [0.15, 0.2) is 5.82 Å². The van der Waals surface area contributed by atoms with Gasteiger partial charge in [-0.05, 0) is 12.1 Å². The number of rotatable bonds is 4. The molecule has 0 atom stereocenters. The second kappa shape index (κ2) is 5.92. The van der Waals surface area contributed by atoms with Crippen LogP contribution in [0.25, 0.3) is 10.9 Å². The van der Waals surface area contributed by atoms with Crippen LogP contribution in [0, 0.1) is 10.1 Å². The monoisotopic (exact) mass is 294 g/mol. The van der Waals surface area contributed by atoms with Gasteiger partial charge in [-0.25, -0.2) is 15.0 Å². The molecule has 3 rings (SSSR count). The van der Waals surface area contributed by atoms with Gasteiger partial charge in [-0.2, -0.15) is 5.10 Å². The molecular formula is C14H10N6O2. The summed E-state index contributed by atoms with van der Waals surface area (Å²) in [6.07, 6.45) is 4.33. The summed E-state index contributed by atoms with van der Waals surface area (Å²) in [6.45, 7) is 0. The van der Waals surface area contributed by atoms with Crippen molar-refractivity contribution < 1.29 is 4.92 Å². The molecule has 0 saturated heterocycles. The lowest BCUT2D eigenvalue weighted by molar-refractivity contribution is -0.385. The Morgan fingerprint density at radius 3 is 2.77 bits per heavy atom. The molecule has 0 unspecified atom stereocenters. The number of benzene rings is 1. The number of nitro groups is 1. The molecule has 0 fully saturated rings. The SMILES string of the molecule is O=[N+]([O-])c1ccc(N/N=C/c2ncc3ccccc3n2)nc1. The van der Waals surface area contributed by atoms with E-state index in [9.17, 15) is 10.1 Å². The quantitative estimate of drug-likeness (QED) is 0.450. The van der Waals surface area contributed by atoms with E-state index in [1.54, 1.807) is 6.20 Å². The molecule has 1 aromatic carbocycles. The van der Waals surface area contributed by atoms with E-state index < -0.39 is 4.92 Å². The maximum absolute atomic E-state index is 10.5. The third-order valence-corrected chi connectivity index (χ3v) is 2.83. The molecule has 2 heterocycles. The molecule has 0 saturated carbocycles. The summed E-state index contributed by atoms with van der Waals surface area (Å²) >= 11 is 0. The lowest BCUT2D eigenvalue weighted by Crippen LogP contribution is -1.98. The van der Waals surface area contributed by atoms with Crippen LogP contribution in [0.15, 0.2) is 53.9 Å². The smallest absolute Gasteiger partial charge is 0.261 e. The molecule has 0 amide bonds. The topological polar surface area (TPSA) is 106 Å². The molecule has 0 radical (unpaired) electrons. The predicted molar refractivity (Wildman–Crippen MR) is 81.6 cm³/mol. The van der Waals surface area contributed by atoms with Crippen LogP contribution in [-0.4, -0.2) is 26.1 Å². The highest BCUT2D eigenvalue weighted by molar-refractivity contribution is 5.82. The third kappa shape index (κ3) is 3.01. The highest BCUT2D eigenvalue weighted by Crippen LogP contribution is 2.12. The standard InChI is InChI=1S/C14H10N6O2/c21-20(22)11-5-6-13(16-8-11)19-17-9-14-15-7-10-3-1-2-4-12(10)18-14/h1-9H,(H,16,19)/b17-9+. The molecule has 108 valence electrons. The number of fused-ring (bicyclic) bond motifs is 1. The van der Waals surface area contributed by atoms with Crippen LogP contribution < -0.4 is 5.43 Å². The summed E-state index contributed by atoms with van der Waals surface area (Å²) in [5.74, 6) is 0.843. The Hall–Kier alpha value is -3.42. The fourth-order valence-corrected chi connectivity index (χ4v) is 1.77.